The minimum absolute atomic E-state index is 0.0579. The van der Waals surface area contributed by atoms with Crippen LogP contribution in [0.5, 0.6) is 0 Å². The molecule has 3 fully saturated rings. The number of carbonyl (C=O) groups is 1. The molecule has 0 N–H and O–H groups in total. The summed E-state index contributed by atoms with van der Waals surface area (Å²) in [7, 11) is 0. The molecule has 0 aromatic heterocycles. The first kappa shape index (κ1) is 13.1. The van der Waals surface area contributed by atoms with E-state index in [1.807, 2.05) is 6.92 Å². The highest BCUT2D eigenvalue weighted by Crippen LogP contribution is 2.50. The summed E-state index contributed by atoms with van der Waals surface area (Å²) in [6.45, 7) is 8.74. The van der Waals surface area contributed by atoms with Gasteiger partial charge in [-0.2, -0.15) is 0 Å². The molecule has 2 nitrogen and oxygen atoms in total. The fourth-order valence-corrected chi connectivity index (χ4v) is 3.72. The molecule has 2 saturated heterocycles. The first-order valence-corrected chi connectivity index (χ1v) is 7.17. The normalized spacial score (nSPS) is 41.2. The molecule has 2 bridgehead atoms. The second-order valence-corrected chi connectivity index (χ2v) is 6.40. The van der Waals surface area contributed by atoms with E-state index in [-0.39, 0.29) is 5.60 Å². The van der Waals surface area contributed by atoms with Crippen molar-refractivity contribution in [2.24, 2.45) is 11.8 Å². The van der Waals surface area contributed by atoms with Crippen molar-refractivity contribution in [1.82, 2.24) is 0 Å². The molecule has 1 aliphatic carbocycles. The van der Waals surface area contributed by atoms with Crippen LogP contribution in [-0.2, 0) is 9.53 Å². The van der Waals surface area contributed by atoms with E-state index in [2.05, 4.69) is 20.8 Å². The molecule has 17 heavy (non-hydrogen) atoms. The van der Waals surface area contributed by atoms with Gasteiger partial charge in [0.1, 0.15) is 5.60 Å². The molecule has 2 aliphatic heterocycles. The average molecular weight is 238 g/mol. The van der Waals surface area contributed by atoms with Crippen molar-refractivity contribution in [1.29, 1.82) is 0 Å². The van der Waals surface area contributed by atoms with Crippen molar-refractivity contribution in [3.63, 3.8) is 0 Å². The Morgan fingerprint density at radius 3 is 2.47 bits per heavy atom. The van der Waals surface area contributed by atoms with Crippen molar-refractivity contribution in [3.8, 4) is 0 Å². The third kappa shape index (κ3) is 2.16. The van der Waals surface area contributed by atoms with Crippen molar-refractivity contribution in [3.05, 3.63) is 0 Å². The Balaban J connectivity index is 2.14. The summed E-state index contributed by atoms with van der Waals surface area (Å²) in [4.78, 5) is 12.0. The van der Waals surface area contributed by atoms with Crippen LogP contribution < -0.4 is 0 Å². The minimum Gasteiger partial charge on any atom is -0.361 e. The Kier molecular flexibility index (Phi) is 3.37. The molecular weight excluding hydrogens is 212 g/mol. The van der Waals surface area contributed by atoms with Gasteiger partial charge >= 0.3 is 0 Å². The second kappa shape index (κ2) is 4.38. The summed E-state index contributed by atoms with van der Waals surface area (Å²) in [5, 5.41) is 0. The second-order valence-electron chi connectivity index (χ2n) is 6.40. The van der Waals surface area contributed by atoms with Crippen molar-refractivity contribution >= 4 is 5.78 Å². The van der Waals surface area contributed by atoms with E-state index < -0.39 is 5.60 Å². The van der Waals surface area contributed by atoms with Gasteiger partial charge in [-0.25, -0.2) is 0 Å². The molecule has 0 aromatic carbocycles. The van der Waals surface area contributed by atoms with Crippen LogP contribution in [0.1, 0.15) is 66.2 Å². The van der Waals surface area contributed by atoms with Crippen molar-refractivity contribution in [2.45, 2.75) is 77.4 Å². The van der Waals surface area contributed by atoms with Crippen LogP contribution in [0.2, 0.25) is 0 Å². The third-order valence-electron chi connectivity index (χ3n) is 5.16. The number of fused-ring (bicyclic) bond motifs is 3. The molecule has 0 spiro atoms. The predicted octanol–water partition coefficient (Wildman–Crippen LogP) is 3.73. The summed E-state index contributed by atoms with van der Waals surface area (Å²) < 4.78 is 6.26. The van der Waals surface area contributed by atoms with Gasteiger partial charge in [-0.15, -0.1) is 0 Å². The zero-order valence-corrected chi connectivity index (χ0v) is 11.7. The van der Waals surface area contributed by atoms with Gasteiger partial charge in [0.2, 0.25) is 0 Å². The lowest BCUT2D eigenvalue weighted by Gasteiger charge is -2.55. The lowest BCUT2D eigenvalue weighted by Crippen LogP contribution is -2.61. The number of hydrogen-bond acceptors (Lipinski definition) is 2. The predicted molar refractivity (Wildman–Crippen MR) is 68.9 cm³/mol. The molecular formula is C15H26O2. The topological polar surface area (TPSA) is 26.3 Å². The molecule has 0 radical (unpaired) electrons. The Morgan fingerprint density at radius 2 is 2.00 bits per heavy atom. The largest absolute Gasteiger partial charge is 0.361 e. The van der Waals surface area contributed by atoms with Crippen LogP contribution in [0.15, 0.2) is 0 Å². The van der Waals surface area contributed by atoms with E-state index in [4.69, 9.17) is 4.74 Å². The monoisotopic (exact) mass is 238 g/mol. The van der Waals surface area contributed by atoms with Gasteiger partial charge in [-0.05, 0) is 44.9 Å². The molecule has 3 atom stereocenters. The molecule has 3 aliphatic rings. The smallest absolute Gasteiger partial charge is 0.164 e. The van der Waals surface area contributed by atoms with Gasteiger partial charge in [0.05, 0.1) is 5.60 Å². The summed E-state index contributed by atoms with van der Waals surface area (Å²) in [6.07, 6.45) is 6.38. The molecule has 1 saturated carbocycles. The fourth-order valence-electron chi connectivity index (χ4n) is 3.72. The summed E-state index contributed by atoms with van der Waals surface area (Å²) in [6, 6.07) is 0. The minimum atomic E-state index is -0.477. The van der Waals surface area contributed by atoms with Crippen LogP contribution in [-0.4, -0.2) is 17.0 Å². The molecule has 0 aromatic rings. The van der Waals surface area contributed by atoms with E-state index in [9.17, 15) is 4.79 Å². The third-order valence-corrected chi connectivity index (χ3v) is 5.16. The van der Waals surface area contributed by atoms with Gasteiger partial charge in [0.25, 0.3) is 0 Å². The Hall–Kier alpha value is -0.370. The van der Waals surface area contributed by atoms with E-state index in [1.54, 1.807) is 0 Å². The van der Waals surface area contributed by atoms with Gasteiger partial charge in [-0.3, -0.25) is 4.79 Å². The van der Waals surface area contributed by atoms with Gasteiger partial charge < -0.3 is 4.74 Å². The van der Waals surface area contributed by atoms with Gasteiger partial charge in [0.15, 0.2) is 5.78 Å². The van der Waals surface area contributed by atoms with Gasteiger partial charge in [-0.1, -0.05) is 26.7 Å². The van der Waals surface area contributed by atoms with E-state index in [0.717, 1.165) is 25.2 Å². The Morgan fingerprint density at radius 1 is 1.35 bits per heavy atom. The number of ether oxygens (including phenoxy) is 1. The maximum absolute atomic E-state index is 12.0. The molecule has 2 heteroatoms. The zero-order chi connectivity index (χ0) is 12.7. The quantitative estimate of drug-likeness (QED) is 0.746. The number of carbonyl (C=O) groups excluding carboxylic acids is 1. The molecule has 0 unspecified atom stereocenters. The van der Waals surface area contributed by atoms with E-state index >= 15 is 0 Å². The Labute approximate surface area is 105 Å². The summed E-state index contributed by atoms with van der Waals surface area (Å²) in [5.41, 5.74) is -0.535. The average Bonchev–Trinajstić information content (AvgIpc) is 2.28. The van der Waals surface area contributed by atoms with Crippen LogP contribution in [0.25, 0.3) is 0 Å². The van der Waals surface area contributed by atoms with Crippen LogP contribution in [0.3, 0.4) is 0 Å². The summed E-state index contributed by atoms with van der Waals surface area (Å²) in [5.74, 6) is 1.52. The van der Waals surface area contributed by atoms with Crippen LogP contribution >= 0.6 is 0 Å². The first-order valence-electron chi connectivity index (χ1n) is 7.17. The van der Waals surface area contributed by atoms with Crippen molar-refractivity contribution in [2.75, 3.05) is 0 Å². The first-order chi connectivity index (χ1) is 7.93. The molecule has 0 amide bonds. The molecule has 3 rings (SSSR count). The van der Waals surface area contributed by atoms with E-state index in [1.165, 1.54) is 19.3 Å². The van der Waals surface area contributed by atoms with E-state index in [0.29, 0.717) is 11.7 Å². The highest BCUT2D eigenvalue weighted by Gasteiger charge is 2.55. The van der Waals surface area contributed by atoms with Crippen LogP contribution in [0, 0.1) is 11.8 Å². The molecule has 98 valence electrons. The number of hydrogen-bond donors (Lipinski definition) is 0. The lowest BCUT2D eigenvalue weighted by atomic mass is 9.65. The van der Waals surface area contributed by atoms with Crippen LogP contribution in [0.4, 0.5) is 0 Å². The maximum atomic E-state index is 12.0. The number of rotatable bonds is 4. The lowest BCUT2D eigenvalue weighted by molar-refractivity contribution is -0.232. The number of ketones is 1. The highest BCUT2D eigenvalue weighted by atomic mass is 16.5. The number of Topliss-reactive ketones (excluding diaryl/α,β-unsaturated/α-hetero) is 1. The highest BCUT2D eigenvalue weighted by molar-refractivity contribution is 5.88. The SMILES string of the molecule is CCC(CC)C[C@]1(C)O[C@@]2(C)CC[C@@H]1CC2=O. The zero-order valence-electron chi connectivity index (χ0n) is 11.7. The molecule has 2 heterocycles. The van der Waals surface area contributed by atoms with Gasteiger partial charge in [0, 0.05) is 6.42 Å². The Bertz CT molecular complexity index is 308. The summed E-state index contributed by atoms with van der Waals surface area (Å²) >= 11 is 0. The standard InChI is InChI=1S/C15H26O2/c1-5-11(6-2)10-15(4)12-7-8-14(3,17-15)13(16)9-12/h11-12H,5-10H2,1-4H3/t12-,14+,15+/m1/s1. The fraction of sp³-hybridized carbons (Fsp3) is 0.933. The van der Waals surface area contributed by atoms with Crippen molar-refractivity contribution < 1.29 is 9.53 Å². The maximum Gasteiger partial charge on any atom is 0.164 e.